The molecule has 0 saturated carbocycles. The molecule has 1 aromatic carbocycles. The van der Waals surface area contributed by atoms with Gasteiger partial charge in [-0.3, -0.25) is 0 Å². The summed E-state index contributed by atoms with van der Waals surface area (Å²) in [7, 11) is 6.02. The molecule has 90 valence electrons. The van der Waals surface area contributed by atoms with Crippen molar-refractivity contribution in [2.75, 3.05) is 34.4 Å². The molecule has 2 nitrogen and oxygen atoms in total. The lowest BCUT2D eigenvalue weighted by Crippen LogP contribution is -2.15. The summed E-state index contributed by atoms with van der Waals surface area (Å²) < 4.78 is 5.30. The molecule has 2 heteroatoms. The highest BCUT2D eigenvalue weighted by atomic mass is 16.5. The van der Waals surface area contributed by atoms with Gasteiger partial charge in [0.25, 0.3) is 0 Å². The summed E-state index contributed by atoms with van der Waals surface area (Å²) in [5.74, 6) is 0.533. The van der Waals surface area contributed by atoms with Crippen LogP contribution in [0.15, 0.2) is 30.3 Å². The fourth-order valence-electron chi connectivity index (χ4n) is 1.93. The van der Waals surface area contributed by atoms with Gasteiger partial charge in [0, 0.05) is 13.0 Å². The molecule has 16 heavy (non-hydrogen) atoms. The lowest BCUT2D eigenvalue weighted by molar-refractivity contribution is 0.173. The number of methoxy groups -OCH3 is 1. The largest absolute Gasteiger partial charge is 0.384 e. The third-order valence-corrected chi connectivity index (χ3v) is 2.80. The maximum absolute atomic E-state index is 5.30. The van der Waals surface area contributed by atoms with Crippen LogP contribution in [0.25, 0.3) is 0 Å². The van der Waals surface area contributed by atoms with Crippen molar-refractivity contribution in [2.24, 2.45) is 0 Å². The van der Waals surface area contributed by atoms with E-state index in [1.165, 1.54) is 18.4 Å². The van der Waals surface area contributed by atoms with Crippen molar-refractivity contribution in [3.05, 3.63) is 35.9 Å². The fourth-order valence-corrected chi connectivity index (χ4v) is 1.93. The van der Waals surface area contributed by atoms with Gasteiger partial charge in [-0.25, -0.2) is 0 Å². The number of benzene rings is 1. The lowest BCUT2D eigenvalue weighted by Gasteiger charge is -2.17. The minimum atomic E-state index is 0.533. The van der Waals surface area contributed by atoms with Crippen LogP contribution in [0.3, 0.4) is 0 Å². The van der Waals surface area contributed by atoms with E-state index in [4.69, 9.17) is 4.74 Å². The summed E-state index contributed by atoms with van der Waals surface area (Å²) in [5, 5.41) is 0. The van der Waals surface area contributed by atoms with E-state index in [0.717, 1.165) is 13.2 Å². The highest BCUT2D eigenvalue weighted by molar-refractivity contribution is 5.19. The average molecular weight is 221 g/mol. The van der Waals surface area contributed by atoms with Gasteiger partial charge in [-0.1, -0.05) is 30.3 Å². The van der Waals surface area contributed by atoms with E-state index in [2.05, 4.69) is 49.3 Å². The Morgan fingerprint density at radius 3 is 2.44 bits per heavy atom. The minimum Gasteiger partial charge on any atom is -0.384 e. The maximum atomic E-state index is 5.30. The van der Waals surface area contributed by atoms with Gasteiger partial charge in [-0.05, 0) is 39.0 Å². The number of hydrogen-bond donors (Lipinski definition) is 0. The molecular formula is C14H23NO. The predicted octanol–water partition coefficient (Wildman–Crippen LogP) is 2.76. The number of nitrogens with zero attached hydrogens (tertiary/aromatic N) is 1. The summed E-state index contributed by atoms with van der Waals surface area (Å²) in [5.41, 5.74) is 1.39. The topological polar surface area (TPSA) is 12.5 Å². The Labute approximate surface area is 99.2 Å². The molecule has 0 bridgehead atoms. The van der Waals surface area contributed by atoms with E-state index in [9.17, 15) is 0 Å². The van der Waals surface area contributed by atoms with Crippen LogP contribution in [0.5, 0.6) is 0 Å². The third kappa shape index (κ3) is 4.77. The second-order valence-electron chi connectivity index (χ2n) is 4.51. The van der Waals surface area contributed by atoms with Crippen LogP contribution < -0.4 is 0 Å². The van der Waals surface area contributed by atoms with Crippen LogP contribution in [0.1, 0.15) is 24.3 Å². The summed E-state index contributed by atoms with van der Waals surface area (Å²) in [6, 6.07) is 10.7. The Hall–Kier alpha value is -0.860. The van der Waals surface area contributed by atoms with Crippen molar-refractivity contribution in [3.63, 3.8) is 0 Å². The predicted molar refractivity (Wildman–Crippen MR) is 68.8 cm³/mol. The van der Waals surface area contributed by atoms with Gasteiger partial charge in [-0.15, -0.1) is 0 Å². The summed E-state index contributed by atoms with van der Waals surface area (Å²) in [4.78, 5) is 2.23. The third-order valence-electron chi connectivity index (χ3n) is 2.80. The first-order chi connectivity index (χ1) is 7.74. The fraction of sp³-hybridized carbons (Fsp3) is 0.571. The van der Waals surface area contributed by atoms with E-state index in [0.29, 0.717) is 5.92 Å². The number of rotatable bonds is 7. The molecule has 0 saturated heterocycles. The molecule has 0 aliphatic carbocycles. The molecule has 0 amide bonds. The van der Waals surface area contributed by atoms with E-state index < -0.39 is 0 Å². The Morgan fingerprint density at radius 2 is 1.88 bits per heavy atom. The summed E-state index contributed by atoms with van der Waals surface area (Å²) >= 11 is 0. The zero-order valence-electron chi connectivity index (χ0n) is 10.6. The smallest absolute Gasteiger partial charge is 0.0530 e. The van der Waals surface area contributed by atoms with Crippen molar-refractivity contribution < 1.29 is 4.74 Å². The molecule has 1 atom stereocenters. The molecule has 0 aromatic heterocycles. The van der Waals surface area contributed by atoms with Crippen molar-refractivity contribution in [1.29, 1.82) is 0 Å². The minimum absolute atomic E-state index is 0.533. The first-order valence-electron chi connectivity index (χ1n) is 5.92. The average Bonchev–Trinajstić information content (AvgIpc) is 2.29. The number of hydrogen-bond acceptors (Lipinski definition) is 2. The van der Waals surface area contributed by atoms with Crippen molar-refractivity contribution in [2.45, 2.75) is 18.8 Å². The second-order valence-corrected chi connectivity index (χ2v) is 4.51. The molecule has 0 radical (unpaired) electrons. The molecule has 0 spiro atoms. The molecule has 0 fully saturated rings. The SMILES string of the molecule is COCC(CCCN(C)C)c1ccccc1. The number of ether oxygens (including phenoxy) is 1. The first-order valence-corrected chi connectivity index (χ1v) is 5.92. The quantitative estimate of drug-likeness (QED) is 0.702. The van der Waals surface area contributed by atoms with Crippen LogP contribution in [0.2, 0.25) is 0 Å². The Kier molecular flexibility index (Phi) is 6.12. The van der Waals surface area contributed by atoms with Crippen molar-refractivity contribution in [1.82, 2.24) is 4.90 Å². The van der Waals surface area contributed by atoms with Gasteiger partial charge < -0.3 is 9.64 Å². The molecule has 1 aromatic rings. The molecule has 0 aliphatic rings. The van der Waals surface area contributed by atoms with Crippen molar-refractivity contribution in [3.8, 4) is 0 Å². The summed E-state index contributed by atoms with van der Waals surface area (Å²) in [6.07, 6.45) is 2.41. The molecule has 0 N–H and O–H groups in total. The van der Waals surface area contributed by atoms with Crippen molar-refractivity contribution >= 4 is 0 Å². The summed E-state index contributed by atoms with van der Waals surface area (Å²) in [6.45, 7) is 1.96. The zero-order valence-corrected chi connectivity index (χ0v) is 10.6. The first kappa shape index (κ1) is 13.2. The van der Waals surface area contributed by atoms with E-state index in [1.807, 2.05) is 0 Å². The second kappa shape index (κ2) is 7.42. The van der Waals surface area contributed by atoms with Gasteiger partial charge >= 0.3 is 0 Å². The van der Waals surface area contributed by atoms with Crippen LogP contribution in [0, 0.1) is 0 Å². The van der Waals surface area contributed by atoms with Gasteiger partial charge in [0.05, 0.1) is 6.61 Å². The molecule has 1 rings (SSSR count). The van der Waals surface area contributed by atoms with Crippen LogP contribution in [0.4, 0.5) is 0 Å². The van der Waals surface area contributed by atoms with Gasteiger partial charge in [0.1, 0.15) is 0 Å². The molecular weight excluding hydrogens is 198 g/mol. The Bertz CT molecular complexity index is 271. The lowest BCUT2D eigenvalue weighted by atomic mass is 9.95. The molecule has 0 aliphatic heterocycles. The van der Waals surface area contributed by atoms with Crippen LogP contribution >= 0.6 is 0 Å². The highest BCUT2D eigenvalue weighted by Crippen LogP contribution is 2.21. The van der Waals surface area contributed by atoms with E-state index in [-0.39, 0.29) is 0 Å². The van der Waals surface area contributed by atoms with E-state index in [1.54, 1.807) is 7.11 Å². The molecule has 0 heterocycles. The standard InChI is InChI=1S/C14H23NO/c1-15(2)11-7-10-14(12-16-3)13-8-5-4-6-9-13/h4-6,8-9,14H,7,10-12H2,1-3H3. The Morgan fingerprint density at radius 1 is 1.19 bits per heavy atom. The highest BCUT2D eigenvalue weighted by Gasteiger charge is 2.10. The Balaban J connectivity index is 2.48. The van der Waals surface area contributed by atoms with Gasteiger partial charge in [0.15, 0.2) is 0 Å². The van der Waals surface area contributed by atoms with Gasteiger partial charge in [-0.2, -0.15) is 0 Å². The van der Waals surface area contributed by atoms with Gasteiger partial charge in [0.2, 0.25) is 0 Å². The molecule has 1 unspecified atom stereocenters. The normalized spacial score (nSPS) is 13.0. The maximum Gasteiger partial charge on any atom is 0.0530 e. The van der Waals surface area contributed by atoms with Crippen LogP contribution in [-0.2, 0) is 4.74 Å². The monoisotopic (exact) mass is 221 g/mol. The zero-order chi connectivity index (χ0) is 11.8. The van der Waals surface area contributed by atoms with E-state index >= 15 is 0 Å². The van der Waals surface area contributed by atoms with Crippen LogP contribution in [-0.4, -0.2) is 39.3 Å².